The van der Waals surface area contributed by atoms with Crippen LogP contribution in [-0.4, -0.2) is 37.1 Å². The summed E-state index contributed by atoms with van der Waals surface area (Å²) in [6.45, 7) is 5.58. The van der Waals surface area contributed by atoms with E-state index in [0.29, 0.717) is 24.8 Å². The summed E-state index contributed by atoms with van der Waals surface area (Å²) in [4.78, 5) is 14.6. The van der Waals surface area contributed by atoms with Crippen molar-refractivity contribution < 1.29 is 14.3 Å². The molecule has 1 unspecified atom stereocenters. The van der Waals surface area contributed by atoms with Crippen molar-refractivity contribution in [1.29, 1.82) is 0 Å². The molecule has 5 nitrogen and oxygen atoms in total. The lowest BCUT2D eigenvalue weighted by Crippen LogP contribution is -2.39. The lowest BCUT2D eigenvalue weighted by Gasteiger charge is -2.25. The van der Waals surface area contributed by atoms with Crippen LogP contribution in [0.1, 0.15) is 18.1 Å². The van der Waals surface area contributed by atoms with Gasteiger partial charge in [-0.15, -0.1) is 0 Å². The first-order valence-corrected chi connectivity index (χ1v) is 8.97. The van der Waals surface area contributed by atoms with Gasteiger partial charge in [0.25, 0.3) is 0 Å². The molecule has 0 radical (unpaired) electrons. The molecule has 26 heavy (non-hydrogen) atoms. The molecule has 1 aliphatic heterocycles. The molecule has 1 atom stereocenters. The second-order valence-corrected chi connectivity index (χ2v) is 6.95. The average molecular weight is 375 g/mol. The number of likely N-dealkylation sites (N-methyl/N-ethyl adjacent to an activating group) is 1. The van der Waals surface area contributed by atoms with Crippen LogP contribution in [0.5, 0.6) is 11.5 Å². The van der Waals surface area contributed by atoms with Crippen LogP contribution >= 0.6 is 11.6 Å². The van der Waals surface area contributed by atoms with Crippen molar-refractivity contribution in [2.75, 3.05) is 25.6 Å². The minimum Gasteiger partial charge on any atom is -0.486 e. The minimum absolute atomic E-state index is 0.0737. The smallest absolute Gasteiger partial charge is 0.241 e. The predicted octanol–water partition coefficient (Wildman–Crippen LogP) is 3.88. The van der Waals surface area contributed by atoms with E-state index in [9.17, 15) is 4.79 Å². The molecular formula is C20H23ClN2O3. The van der Waals surface area contributed by atoms with Crippen molar-refractivity contribution in [2.24, 2.45) is 0 Å². The van der Waals surface area contributed by atoms with Gasteiger partial charge in [-0.1, -0.05) is 23.7 Å². The Labute approximate surface area is 158 Å². The van der Waals surface area contributed by atoms with Gasteiger partial charge >= 0.3 is 0 Å². The maximum atomic E-state index is 12.6. The molecule has 1 aliphatic rings. The number of nitrogens with one attached hydrogen (secondary N) is 1. The Bertz CT molecular complexity index is 810. The third kappa shape index (κ3) is 4.29. The molecule has 3 rings (SSSR count). The summed E-state index contributed by atoms with van der Waals surface area (Å²) in [6.07, 6.45) is 0. The number of aryl methyl sites for hydroxylation is 1. The molecule has 1 amide bonds. The quantitative estimate of drug-likeness (QED) is 0.862. The van der Waals surface area contributed by atoms with E-state index < -0.39 is 0 Å². The van der Waals surface area contributed by atoms with E-state index >= 15 is 0 Å². The molecule has 0 saturated heterocycles. The van der Waals surface area contributed by atoms with E-state index in [1.807, 2.05) is 56.1 Å². The molecule has 2 aromatic carbocycles. The van der Waals surface area contributed by atoms with Gasteiger partial charge in [-0.25, -0.2) is 0 Å². The number of nitrogens with zero attached hydrogens (tertiary/aromatic N) is 1. The number of halogens is 1. The maximum Gasteiger partial charge on any atom is 0.241 e. The number of carbonyl (C=O) groups excluding carboxylic acids is 1. The molecule has 0 spiro atoms. The highest BCUT2D eigenvalue weighted by Gasteiger charge is 2.20. The Balaban J connectivity index is 1.64. The number of carbonyl (C=O) groups is 1. The van der Waals surface area contributed by atoms with E-state index in [2.05, 4.69) is 5.32 Å². The summed E-state index contributed by atoms with van der Waals surface area (Å²) in [5.74, 6) is 1.45. The van der Waals surface area contributed by atoms with Crippen LogP contribution in [0.3, 0.4) is 0 Å². The summed E-state index contributed by atoms with van der Waals surface area (Å²) >= 11 is 6.02. The van der Waals surface area contributed by atoms with Crippen molar-refractivity contribution >= 4 is 23.2 Å². The number of hydrogen-bond donors (Lipinski definition) is 1. The summed E-state index contributed by atoms with van der Waals surface area (Å²) in [7, 11) is 1.92. The summed E-state index contributed by atoms with van der Waals surface area (Å²) < 4.78 is 11.2. The highest BCUT2D eigenvalue weighted by atomic mass is 35.5. The third-order valence-corrected chi connectivity index (χ3v) is 4.77. The van der Waals surface area contributed by atoms with Gasteiger partial charge in [0.05, 0.1) is 6.04 Å². The first-order valence-electron chi connectivity index (χ1n) is 8.60. The molecular weight excluding hydrogens is 352 g/mol. The fourth-order valence-electron chi connectivity index (χ4n) is 2.78. The van der Waals surface area contributed by atoms with Crippen molar-refractivity contribution in [3.63, 3.8) is 0 Å². The van der Waals surface area contributed by atoms with Crippen LogP contribution in [0.4, 0.5) is 5.69 Å². The molecule has 0 saturated carbocycles. The van der Waals surface area contributed by atoms with Crippen LogP contribution in [0, 0.1) is 6.92 Å². The van der Waals surface area contributed by atoms with Gasteiger partial charge in [0.1, 0.15) is 13.2 Å². The monoisotopic (exact) mass is 374 g/mol. The van der Waals surface area contributed by atoms with Gasteiger partial charge in [0.2, 0.25) is 5.91 Å². The molecule has 1 heterocycles. The van der Waals surface area contributed by atoms with E-state index in [4.69, 9.17) is 21.1 Å². The molecule has 1 N–H and O–H groups in total. The van der Waals surface area contributed by atoms with Crippen LogP contribution in [-0.2, 0) is 11.3 Å². The molecule has 138 valence electrons. The van der Waals surface area contributed by atoms with Gasteiger partial charge in [-0.3, -0.25) is 9.69 Å². The number of benzene rings is 2. The van der Waals surface area contributed by atoms with Crippen LogP contribution in [0.15, 0.2) is 36.4 Å². The predicted molar refractivity (Wildman–Crippen MR) is 103 cm³/mol. The third-order valence-electron chi connectivity index (χ3n) is 4.54. The van der Waals surface area contributed by atoms with Gasteiger partial charge < -0.3 is 14.8 Å². The first-order chi connectivity index (χ1) is 12.4. The largest absolute Gasteiger partial charge is 0.486 e. The average Bonchev–Trinajstić information content (AvgIpc) is 2.64. The zero-order valence-corrected chi connectivity index (χ0v) is 16.0. The maximum absolute atomic E-state index is 12.6. The summed E-state index contributed by atoms with van der Waals surface area (Å²) in [5, 5.41) is 3.56. The van der Waals surface area contributed by atoms with Crippen LogP contribution < -0.4 is 14.8 Å². The molecule has 0 aliphatic carbocycles. The molecule has 0 bridgehead atoms. The minimum atomic E-state index is -0.304. The van der Waals surface area contributed by atoms with Gasteiger partial charge in [0, 0.05) is 17.3 Å². The SMILES string of the molecule is Cc1ccc(Cl)cc1NC(=O)C(C)N(C)Cc1ccc2c(c1)OCCO2. The van der Waals surface area contributed by atoms with Crippen molar-refractivity contribution in [1.82, 2.24) is 4.90 Å². The van der Waals surface area contributed by atoms with E-state index in [-0.39, 0.29) is 11.9 Å². The topological polar surface area (TPSA) is 50.8 Å². The van der Waals surface area contributed by atoms with Crippen molar-refractivity contribution in [3.8, 4) is 11.5 Å². The standard InChI is InChI=1S/C20H23ClN2O3/c1-13-4-6-16(21)11-17(13)22-20(24)14(2)23(3)12-15-5-7-18-19(10-15)26-9-8-25-18/h4-7,10-11,14H,8-9,12H2,1-3H3,(H,22,24). The second kappa shape index (κ2) is 7.98. The lowest BCUT2D eigenvalue weighted by molar-refractivity contribution is -0.120. The number of fused-ring (bicyclic) bond motifs is 1. The van der Waals surface area contributed by atoms with Crippen molar-refractivity contribution in [3.05, 3.63) is 52.5 Å². The fourth-order valence-corrected chi connectivity index (χ4v) is 2.95. The summed E-state index contributed by atoms with van der Waals surface area (Å²) in [6, 6.07) is 11.0. The number of hydrogen-bond acceptors (Lipinski definition) is 4. The van der Waals surface area contributed by atoms with E-state index in [1.54, 1.807) is 6.07 Å². The summed E-state index contributed by atoms with van der Waals surface area (Å²) in [5.41, 5.74) is 2.78. The van der Waals surface area contributed by atoms with Crippen LogP contribution in [0.2, 0.25) is 5.02 Å². The van der Waals surface area contributed by atoms with Crippen LogP contribution in [0.25, 0.3) is 0 Å². The highest BCUT2D eigenvalue weighted by Crippen LogP contribution is 2.31. The van der Waals surface area contributed by atoms with E-state index in [1.165, 1.54) is 0 Å². The normalized spacial score (nSPS) is 14.2. The number of rotatable bonds is 5. The van der Waals surface area contributed by atoms with Crippen molar-refractivity contribution in [2.45, 2.75) is 26.4 Å². The van der Waals surface area contributed by atoms with Gasteiger partial charge in [-0.2, -0.15) is 0 Å². The second-order valence-electron chi connectivity index (χ2n) is 6.52. The molecule has 0 fully saturated rings. The highest BCUT2D eigenvalue weighted by molar-refractivity contribution is 6.31. The van der Waals surface area contributed by atoms with Gasteiger partial charge in [-0.05, 0) is 56.3 Å². The molecule has 6 heteroatoms. The number of amides is 1. The Morgan fingerprint density at radius 3 is 2.69 bits per heavy atom. The molecule has 0 aromatic heterocycles. The Morgan fingerprint density at radius 1 is 1.19 bits per heavy atom. The zero-order valence-electron chi connectivity index (χ0n) is 15.2. The Morgan fingerprint density at radius 2 is 1.92 bits per heavy atom. The number of ether oxygens (including phenoxy) is 2. The van der Waals surface area contributed by atoms with Gasteiger partial charge in [0.15, 0.2) is 11.5 Å². The number of anilines is 1. The molecule has 2 aromatic rings. The first kappa shape index (κ1) is 18.5. The zero-order chi connectivity index (χ0) is 18.7. The Hall–Kier alpha value is -2.24. The lowest BCUT2D eigenvalue weighted by atomic mass is 10.1. The van der Waals surface area contributed by atoms with E-state index in [0.717, 1.165) is 28.3 Å². The fraction of sp³-hybridized carbons (Fsp3) is 0.350. The Kier molecular flexibility index (Phi) is 5.69.